The number of rotatable bonds is 3. The molecule has 2 atom stereocenters. The van der Waals surface area contributed by atoms with E-state index in [4.69, 9.17) is 27.9 Å². The number of hydrogen-bond acceptors (Lipinski definition) is 2. The molecule has 0 bridgehead atoms. The fourth-order valence-electron chi connectivity index (χ4n) is 2.02. The molecule has 2 unspecified atom stereocenters. The van der Waals surface area contributed by atoms with Crippen molar-refractivity contribution in [2.24, 2.45) is 5.92 Å². The maximum absolute atomic E-state index is 5.96. The number of piperidine rings is 1. The molecule has 1 heterocycles. The van der Waals surface area contributed by atoms with E-state index in [1.54, 1.807) is 0 Å². The van der Waals surface area contributed by atoms with Crippen LogP contribution in [0.25, 0.3) is 0 Å². The first-order valence-corrected chi connectivity index (χ1v) is 6.68. The third-order valence-corrected chi connectivity index (χ3v) is 3.94. The lowest BCUT2D eigenvalue weighted by molar-refractivity contribution is -0.00657. The van der Waals surface area contributed by atoms with Gasteiger partial charge in [-0.1, -0.05) is 36.2 Å². The van der Waals surface area contributed by atoms with E-state index in [0.29, 0.717) is 28.7 Å². The maximum Gasteiger partial charge on any atom is 0.0729 e. The van der Waals surface area contributed by atoms with Gasteiger partial charge in [-0.2, -0.15) is 0 Å². The van der Waals surface area contributed by atoms with Gasteiger partial charge in [-0.05, 0) is 36.6 Å². The molecule has 1 aromatic carbocycles. The van der Waals surface area contributed by atoms with E-state index in [-0.39, 0.29) is 0 Å². The Bertz CT molecular complexity index is 384. The van der Waals surface area contributed by atoms with Crippen LogP contribution in [0.4, 0.5) is 0 Å². The first-order chi connectivity index (χ1) is 8.16. The second kappa shape index (κ2) is 6.05. The molecule has 0 radical (unpaired) electrons. The Morgan fingerprint density at radius 1 is 1.35 bits per heavy atom. The van der Waals surface area contributed by atoms with Crippen LogP contribution in [0.3, 0.4) is 0 Å². The molecule has 4 heteroatoms. The van der Waals surface area contributed by atoms with Crippen molar-refractivity contribution in [2.75, 3.05) is 13.1 Å². The van der Waals surface area contributed by atoms with Gasteiger partial charge in [0.1, 0.15) is 0 Å². The lowest BCUT2D eigenvalue weighted by Crippen LogP contribution is -2.40. The van der Waals surface area contributed by atoms with Gasteiger partial charge in [0.15, 0.2) is 0 Å². The second-order valence-electron chi connectivity index (χ2n) is 4.57. The van der Waals surface area contributed by atoms with E-state index in [1.165, 1.54) is 6.42 Å². The topological polar surface area (TPSA) is 21.3 Å². The van der Waals surface area contributed by atoms with Crippen molar-refractivity contribution in [1.82, 2.24) is 5.32 Å². The summed E-state index contributed by atoms with van der Waals surface area (Å²) in [7, 11) is 0. The SMILES string of the molecule is CC1CCNCC1OCc1ccc(Cl)c(Cl)c1. The molecule has 0 aliphatic carbocycles. The van der Waals surface area contributed by atoms with E-state index in [1.807, 2.05) is 18.2 Å². The molecule has 1 fully saturated rings. The zero-order valence-electron chi connectivity index (χ0n) is 9.88. The summed E-state index contributed by atoms with van der Waals surface area (Å²) in [6, 6.07) is 5.63. The van der Waals surface area contributed by atoms with Crippen molar-refractivity contribution < 1.29 is 4.74 Å². The van der Waals surface area contributed by atoms with E-state index >= 15 is 0 Å². The Kier molecular flexibility index (Phi) is 4.69. The van der Waals surface area contributed by atoms with Crippen molar-refractivity contribution in [3.63, 3.8) is 0 Å². The first kappa shape index (κ1) is 13.2. The summed E-state index contributed by atoms with van der Waals surface area (Å²) in [5, 5.41) is 4.52. The van der Waals surface area contributed by atoms with Gasteiger partial charge in [-0.25, -0.2) is 0 Å². The quantitative estimate of drug-likeness (QED) is 0.910. The molecular formula is C13H17Cl2NO. The Morgan fingerprint density at radius 3 is 2.88 bits per heavy atom. The lowest BCUT2D eigenvalue weighted by Gasteiger charge is -2.29. The molecule has 1 N–H and O–H groups in total. The minimum atomic E-state index is 0.290. The van der Waals surface area contributed by atoms with Crippen molar-refractivity contribution in [3.8, 4) is 0 Å². The molecular weight excluding hydrogens is 257 g/mol. The van der Waals surface area contributed by atoms with Crippen molar-refractivity contribution in [2.45, 2.75) is 26.1 Å². The first-order valence-electron chi connectivity index (χ1n) is 5.93. The van der Waals surface area contributed by atoms with Crippen LogP contribution >= 0.6 is 23.2 Å². The molecule has 1 saturated heterocycles. The van der Waals surface area contributed by atoms with Crippen LogP contribution in [0.15, 0.2) is 18.2 Å². The van der Waals surface area contributed by atoms with E-state index in [2.05, 4.69) is 12.2 Å². The van der Waals surface area contributed by atoms with E-state index < -0.39 is 0 Å². The summed E-state index contributed by atoms with van der Waals surface area (Å²) in [5.74, 6) is 0.610. The standard InChI is InChI=1S/C13H17Cl2NO/c1-9-4-5-16-7-13(9)17-8-10-2-3-11(14)12(15)6-10/h2-3,6,9,13,16H,4-5,7-8H2,1H3. The molecule has 2 nitrogen and oxygen atoms in total. The summed E-state index contributed by atoms with van der Waals surface area (Å²) in [4.78, 5) is 0. The highest BCUT2D eigenvalue weighted by Crippen LogP contribution is 2.24. The van der Waals surface area contributed by atoms with Crippen LogP contribution < -0.4 is 5.32 Å². The largest absolute Gasteiger partial charge is 0.372 e. The average molecular weight is 274 g/mol. The summed E-state index contributed by atoms with van der Waals surface area (Å²) in [6.45, 7) is 4.85. The molecule has 0 saturated carbocycles. The normalized spacial score (nSPS) is 24.9. The second-order valence-corrected chi connectivity index (χ2v) is 5.38. The summed E-state index contributed by atoms with van der Waals surface area (Å²) < 4.78 is 5.91. The smallest absolute Gasteiger partial charge is 0.0729 e. The molecule has 17 heavy (non-hydrogen) atoms. The number of halogens is 2. The van der Waals surface area contributed by atoms with Gasteiger partial charge in [-0.15, -0.1) is 0 Å². The average Bonchev–Trinajstić information content (AvgIpc) is 2.32. The molecule has 2 rings (SSSR count). The number of benzene rings is 1. The molecule has 1 aliphatic rings. The molecule has 0 amide bonds. The predicted molar refractivity (Wildman–Crippen MR) is 71.7 cm³/mol. The molecule has 0 spiro atoms. The van der Waals surface area contributed by atoms with Crippen LogP contribution in [0, 0.1) is 5.92 Å². The highest BCUT2D eigenvalue weighted by Gasteiger charge is 2.21. The van der Waals surface area contributed by atoms with Crippen LogP contribution in [-0.4, -0.2) is 19.2 Å². The Morgan fingerprint density at radius 2 is 2.18 bits per heavy atom. The summed E-state index contributed by atoms with van der Waals surface area (Å²) in [5.41, 5.74) is 1.07. The predicted octanol–water partition coefficient (Wildman–Crippen LogP) is 3.51. The van der Waals surface area contributed by atoms with Gasteiger partial charge in [0.05, 0.1) is 22.8 Å². The highest BCUT2D eigenvalue weighted by molar-refractivity contribution is 6.41. The summed E-state index contributed by atoms with van der Waals surface area (Å²) in [6.07, 6.45) is 1.46. The Labute approximate surface area is 112 Å². The fraction of sp³-hybridized carbons (Fsp3) is 0.538. The molecule has 1 aromatic rings. The molecule has 94 valence electrons. The van der Waals surface area contributed by atoms with Gasteiger partial charge in [0.25, 0.3) is 0 Å². The number of nitrogens with one attached hydrogen (secondary N) is 1. The number of hydrogen-bond donors (Lipinski definition) is 1. The third kappa shape index (κ3) is 3.59. The van der Waals surface area contributed by atoms with Gasteiger partial charge >= 0.3 is 0 Å². The minimum absolute atomic E-state index is 0.290. The third-order valence-electron chi connectivity index (χ3n) is 3.20. The van der Waals surface area contributed by atoms with Crippen LogP contribution in [0.5, 0.6) is 0 Å². The lowest BCUT2D eigenvalue weighted by atomic mass is 9.97. The zero-order valence-corrected chi connectivity index (χ0v) is 11.4. The molecule has 0 aromatic heterocycles. The van der Waals surface area contributed by atoms with Crippen LogP contribution in [-0.2, 0) is 11.3 Å². The Balaban J connectivity index is 1.90. The fourth-order valence-corrected chi connectivity index (χ4v) is 2.34. The monoisotopic (exact) mass is 273 g/mol. The maximum atomic E-state index is 5.96. The van der Waals surface area contributed by atoms with E-state index in [9.17, 15) is 0 Å². The van der Waals surface area contributed by atoms with Gasteiger partial charge in [0, 0.05) is 6.54 Å². The molecule has 1 aliphatic heterocycles. The van der Waals surface area contributed by atoms with Gasteiger partial charge in [0.2, 0.25) is 0 Å². The van der Waals surface area contributed by atoms with Crippen LogP contribution in [0.2, 0.25) is 10.0 Å². The van der Waals surface area contributed by atoms with Crippen molar-refractivity contribution >= 4 is 23.2 Å². The van der Waals surface area contributed by atoms with Crippen LogP contribution in [0.1, 0.15) is 18.9 Å². The zero-order chi connectivity index (χ0) is 12.3. The van der Waals surface area contributed by atoms with Crippen molar-refractivity contribution in [3.05, 3.63) is 33.8 Å². The minimum Gasteiger partial charge on any atom is -0.372 e. The summed E-state index contributed by atoms with van der Waals surface area (Å²) >= 11 is 11.8. The number of ether oxygens (including phenoxy) is 1. The van der Waals surface area contributed by atoms with Gasteiger partial charge < -0.3 is 10.1 Å². The van der Waals surface area contributed by atoms with Gasteiger partial charge in [-0.3, -0.25) is 0 Å². The van der Waals surface area contributed by atoms with E-state index in [0.717, 1.165) is 18.7 Å². The van der Waals surface area contributed by atoms with Crippen molar-refractivity contribution in [1.29, 1.82) is 0 Å². The highest BCUT2D eigenvalue weighted by atomic mass is 35.5. The Hall–Kier alpha value is -0.280.